The number of halogens is 1. The number of hydrogen-bond acceptors (Lipinski definition) is 4. The molecule has 3 rings (SSSR count). The van der Waals surface area contributed by atoms with Crippen LogP contribution in [-0.2, 0) is 9.47 Å². The van der Waals surface area contributed by atoms with E-state index in [1.165, 1.54) is 24.1 Å². The first-order valence-corrected chi connectivity index (χ1v) is 10.8. The molecule has 2 aliphatic rings. The van der Waals surface area contributed by atoms with Crippen LogP contribution in [0.5, 0.6) is 0 Å². The van der Waals surface area contributed by atoms with E-state index in [0.29, 0.717) is 25.8 Å². The first kappa shape index (κ1) is 24.2. The maximum absolute atomic E-state index is 5.72. The first-order valence-electron chi connectivity index (χ1n) is 10.8. The third kappa shape index (κ3) is 8.30. The Morgan fingerprint density at radius 3 is 2.79 bits per heavy atom. The van der Waals surface area contributed by atoms with Gasteiger partial charge in [0.15, 0.2) is 5.96 Å². The molecule has 2 atom stereocenters. The van der Waals surface area contributed by atoms with Crippen molar-refractivity contribution in [2.24, 2.45) is 4.99 Å². The van der Waals surface area contributed by atoms with Crippen LogP contribution in [0.15, 0.2) is 29.3 Å². The number of aryl methyl sites for hydroxylation is 1. The Hall–Kier alpha value is -1.06. The molecule has 6 nitrogen and oxygen atoms in total. The number of ether oxygens (including phenoxy) is 2. The molecular weight excluding hydrogens is 479 g/mol. The summed E-state index contributed by atoms with van der Waals surface area (Å²) in [5, 5.41) is 6.98. The number of guanidine groups is 1. The van der Waals surface area contributed by atoms with Crippen LogP contribution in [0.25, 0.3) is 0 Å². The highest BCUT2D eigenvalue weighted by molar-refractivity contribution is 14.0. The van der Waals surface area contributed by atoms with Gasteiger partial charge < -0.3 is 25.0 Å². The van der Waals surface area contributed by atoms with E-state index >= 15 is 0 Å². The van der Waals surface area contributed by atoms with Crippen molar-refractivity contribution in [2.75, 3.05) is 50.9 Å². The SMILES string of the molecule is CCNC(=NCCOCC1CCCO1)NC1CCCN(c2ccc(C)cc2)C1.I. The summed E-state index contributed by atoms with van der Waals surface area (Å²) in [6, 6.07) is 9.23. The lowest BCUT2D eigenvalue weighted by Crippen LogP contribution is -2.51. The fourth-order valence-corrected chi connectivity index (χ4v) is 3.81. The highest BCUT2D eigenvalue weighted by atomic mass is 127. The molecule has 2 unspecified atom stereocenters. The van der Waals surface area contributed by atoms with E-state index in [4.69, 9.17) is 14.5 Å². The number of benzene rings is 1. The highest BCUT2D eigenvalue weighted by Gasteiger charge is 2.21. The van der Waals surface area contributed by atoms with E-state index < -0.39 is 0 Å². The average Bonchev–Trinajstić information content (AvgIpc) is 3.22. The molecule has 2 fully saturated rings. The zero-order valence-electron chi connectivity index (χ0n) is 17.9. The van der Waals surface area contributed by atoms with Crippen molar-refractivity contribution < 1.29 is 9.47 Å². The maximum atomic E-state index is 5.72. The van der Waals surface area contributed by atoms with Crippen LogP contribution in [0.2, 0.25) is 0 Å². The largest absolute Gasteiger partial charge is 0.377 e. The number of aliphatic imine (C=N–C) groups is 1. The number of nitrogens with zero attached hydrogens (tertiary/aromatic N) is 2. The lowest BCUT2D eigenvalue weighted by molar-refractivity contribution is 0.0200. The molecule has 0 aliphatic carbocycles. The number of nitrogens with one attached hydrogen (secondary N) is 2. The van der Waals surface area contributed by atoms with Crippen molar-refractivity contribution in [3.05, 3.63) is 29.8 Å². The summed E-state index contributed by atoms with van der Waals surface area (Å²) in [5.74, 6) is 0.888. The van der Waals surface area contributed by atoms with E-state index in [2.05, 4.69) is 53.6 Å². The van der Waals surface area contributed by atoms with Gasteiger partial charge in [-0.15, -0.1) is 24.0 Å². The van der Waals surface area contributed by atoms with E-state index in [-0.39, 0.29) is 30.1 Å². The third-order valence-corrected chi connectivity index (χ3v) is 5.34. The molecule has 0 radical (unpaired) electrons. The summed E-state index contributed by atoms with van der Waals surface area (Å²) in [6.45, 7) is 10.1. The third-order valence-electron chi connectivity index (χ3n) is 5.34. The zero-order chi connectivity index (χ0) is 19.6. The number of anilines is 1. The van der Waals surface area contributed by atoms with Gasteiger partial charge in [-0.3, -0.25) is 4.99 Å². The van der Waals surface area contributed by atoms with Gasteiger partial charge in [-0.05, 0) is 51.7 Å². The van der Waals surface area contributed by atoms with Gasteiger partial charge in [-0.2, -0.15) is 0 Å². The normalized spacial score (nSPS) is 22.3. The van der Waals surface area contributed by atoms with Gasteiger partial charge in [0.25, 0.3) is 0 Å². The van der Waals surface area contributed by atoms with Crippen LogP contribution in [0, 0.1) is 6.92 Å². The lowest BCUT2D eigenvalue weighted by Gasteiger charge is -2.35. The number of hydrogen-bond donors (Lipinski definition) is 2. The fourth-order valence-electron chi connectivity index (χ4n) is 3.81. The summed E-state index contributed by atoms with van der Waals surface area (Å²) >= 11 is 0. The van der Waals surface area contributed by atoms with Crippen LogP contribution in [0.3, 0.4) is 0 Å². The van der Waals surface area contributed by atoms with E-state index in [0.717, 1.165) is 45.0 Å². The smallest absolute Gasteiger partial charge is 0.191 e. The van der Waals surface area contributed by atoms with Gasteiger partial charge in [-0.1, -0.05) is 17.7 Å². The first-order chi connectivity index (χ1) is 13.7. The molecule has 7 heteroatoms. The van der Waals surface area contributed by atoms with Gasteiger partial charge in [0, 0.05) is 38.0 Å². The number of rotatable bonds is 8. The molecule has 0 bridgehead atoms. The van der Waals surface area contributed by atoms with Crippen molar-refractivity contribution >= 4 is 35.6 Å². The Bertz CT molecular complexity index is 605. The van der Waals surface area contributed by atoms with Gasteiger partial charge in [-0.25, -0.2) is 0 Å². The average molecular weight is 516 g/mol. The predicted molar refractivity (Wildman–Crippen MR) is 131 cm³/mol. The lowest BCUT2D eigenvalue weighted by atomic mass is 10.0. The van der Waals surface area contributed by atoms with Crippen LogP contribution >= 0.6 is 24.0 Å². The minimum Gasteiger partial charge on any atom is -0.377 e. The van der Waals surface area contributed by atoms with Crippen molar-refractivity contribution in [1.82, 2.24) is 10.6 Å². The maximum Gasteiger partial charge on any atom is 0.191 e. The van der Waals surface area contributed by atoms with Gasteiger partial charge in [0.1, 0.15) is 0 Å². The standard InChI is InChI=1S/C22H36N4O2.HI/c1-3-23-22(24-12-15-27-17-21-7-5-14-28-21)25-19-6-4-13-26(16-19)20-10-8-18(2)9-11-20;/h8-11,19,21H,3-7,12-17H2,1-2H3,(H2,23,24,25);1H. The van der Waals surface area contributed by atoms with E-state index in [1.807, 2.05) is 0 Å². The molecule has 2 aliphatic heterocycles. The minimum absolute atomic E-state index is 0. The molecule has 2 saturated heterocycles. The summed E-state index contributed by atoms with van der Waals surface area (Å²) in [7, 11) is 0. The second kappa shape index (κ2) is 13.3. The molecule has 0 aromatic heterocycles. The van der Waals surface area contributed by atoms with E-state index in [1.54, 1.807) is 0 Å². The summed E-state index contributed by atoms with van der Waals surface area (Å²) < 4.78 is 11.3. The predicted octanol–water partition coefficient (Wildman–Crippen LogP) is 3.33. The van der Waals surface area contributed by atoms with Crippen LogP contribution in [0.1, 0.15) is 38.2 Å². The van der Waals surface area contributed by atoms with Crippen molar-refractivity contribution in [3.63, 3.8) is 0 Å². The molecule has 2 heterocycles. The molecular formula is C22H37IN4O2. The van der Waals surface area contributed by atoms with Gasteiger partial charge in [0.05, 0.1) is 25.9 Å². The molecule has 1 aromatic rings. The second-order valence-corrected chi connectivity index (χ2v) is 7.74. The molecule has 0 amide bonds. The van der Waals surface area contributed by atoms with Gasteiger partial charge >= 0.3 is 0 Å². The Labute approximate surface area is 192 Å². The second-order valence-electron chi connectivity index (χ2n) is 7.74. The molecule has 164 valence electrons. The molecule has 1 aromatic carbocycles. The summed E-state index contributed by atoms with van der Waals surface area (Å²) in [4.78, 5) is 7.16. The van der Waals surface area contributed by atoms with Crippen LogP contribution in [0.4, 0.5) is 5.69 Å². The quantitative estimate of drug-likeness (QED) is 0.240. The Kier molecular flexibility index (Phi) is 11.1. The van der Waals surface area contributed by atoms with Gasteiger partial charge in [0.2, 0.25) is 0 Å². The minimum atomic E-state index is 0. The molecule has 2 N–H and O–H groups in total. The number of piperidine rings is 1. The Morgan fingerprint density at radius 1 is 1.24 bits per heavy atom. The summed E-state index contributed by atoms with van der Waals surface area (Å²) in [6.07, 6.45) is 4.91. The molecule has 0 spiro atoms. The fraction of sp³-hybridized carbons (Fsp3) is 0.682. The topological polar surface area (TPSA) is 58.1 Å². The Balaban J connectivity index is 0.00000300. The molecule has 0 saturated carbocycles. The summed E-state index contributed by atoms with van der Waals surface area (Å²) in [5.41, 5.74) is 2.61. The zero-order valence-corrected chi connectivity index (χ0v) is 20.2. The highest BCUT2D eigenvalue weighted by Crippen LogP contribution is 2.20. The van der Waals surface area contributed by atoms with Crippen LogP contribution in [-0.4, -0.2) is 64.1 Å². The van der Waals surface area contributed by atoms with Crippen molar-refractivity contribution in [2.45, 2.75) is 51.7 Å². The van der Waals surface area contributed by atoms with Crippen LogP contribution < -0.4 is 15.5 Å². The monoisotopic (exact) mass is 516 g/mol. The molecule has 29 heavy (non-hydrogen) atoms. The van der Waals surface area contributed by atoms with Crippen molar-refractivity contribution in [3.8, 4) is 0 Å². The Morgan fingerprint density at radius 2 is 2.07 bits per heavy atom. The van der Waals surface area contributed by atoms with Crippen molar-refractivity contribution in [1.29, 1.82) is 0 Å². The van der Waals surface area contributed by atoms with E-state index in [9.17, 15) is 0 Å².